The molecule has 0 atom stereocenters. The minimum absolute atomic E-state index is 0.683. The summed E-state index contributed by atoms with van der Waals surface area (Å²) in [7, 11) is 5.15. The lowest BCUT2D eigenvalue weighted by Gasteiger charge is -2.19. The predicted octanol–water partition coefficient (Wildman–Crippen LogP) is 2.03. The van der Waals surface area contributed by atoms with Gasteiger partial charge < -0.3 is 14.4 Å². The first-order valence-electron chi connectivity index (χ1n) is 5.28. The summed E-state index contributed by atoms with van der Waals surface area (Å²) >= 11 is 1.24. The number of hydrogen-bond donors (Lipinski definition) is 0. The first-order chi connectivity index (χ1) is 8.67. The van der Waals surface area contributed by atoms with Gasteiger partial charge in [0.25, 0.3) is 0 Å². The lowest BCUT2D eigenvalue weighted by Crippen LogP contribution is -2.11. The predicted molar refractivity (Wildman–Crippen MR) is 70.1 cm³/mol. The molecule has 1 aromatic carbocycles. The van der Waals surface area contributed by atoms with Crippen molar-refractivity contribution in [2.24, 2.45) is 0 Å². The average molecular weight is 266 g/mol. The van der Waals surface area contributed by atoms with Crippen molar-refractivity contribution in [3.63, 3.8) is 0 Å². The molecule has 0 amide bonds. The zero-order chi connectivity index (χ0) is 13.1. The fraction of sp³-hybridized carbons (Fsp3) is 0.364. The van der Waals surface area contributed by atoms with Gasteiger partial charge in [0.2, 0.25) is 5.13 Å². The molecular formula is C11H14N4O2S. The molecular weight excluding hydrogens is 252 g/mol. The van der Waals surface area contributed by atoms with E-state index in [1.807, 2.05) is 31.0 Å². The molecule has 1 heterocycles. The molecule has 0 aliphatic carbocycles. The first kappa shape index (κ1) is 12.6. The van der Waals surface area contributed by atoms with E-state index in [9.17, 15) is 0 Å². The SMILES string of the molecule is COc1cc(C)c(N(C)c2nnns2)cc1OC. The molecule has 0 unspecified atom stereocenters. The van der Waals surface area contributed by atoms with Crippen LogP contribution in [0.5, 0.6) is 11.5 Å². The number of nitrogens with zero attached hydrogens (tertiary/aromatic N) is 4. The monoisotopic (exact) mass is 266 g/mol. The Morgan fingerprint density at radius 3 is 2.39 bits per heavy atom. The van der Waals surface area contributed by atoms with Crippen LogP contribution in [0, 0.1) is 6.92 Å². The fourth-order valence-corrected chi connectivity index (χ4v) is 2.13. The van der Waals surface area contributed by atoms with E-state index in [-0.39, 0.29) is 0 Å². The van der Waals surface area contributed by atoms with E-state index in [1.54, 1.807) is 14.2 Å². The summed E-state index contributed by atoms with van der Waals surface area (Å²) in [5.41, 5.74) is 2.04. The molecule has 2 rings (SSSR count). The van der Waals surface area contributed by atoms with Crippen LogP contribution in [0.1, 0.15) is 5.56 Å². The van der Waals surface area contributed by atoms with E-state index in [1.165, 1.54) is 11.5 Å². The molecule has 0 N–H and O–H groups in total. The summed E-state index contributed by atoms with van der Waals surface area (Å²) < 4.78 is 14.3. The van der Waals surface area contributed by atoms with Gasteiger partial charge in [-0.15, -0.1) is 0 Å². The molecule has 1 aromatic heterocycles. The van der Waals surface area contributed by atoms with Crippen LogP contribution in [-0.4, -0.2) is 36.1 Å². The van der Waals surface area contributed by atoms with Crippen LogP contribution >= 0.6 is 11.5 Å². The first-order valence-corrected chi connectivity index (χ1v) is 6.06. The number of hydrogen-bond acceptors (Lipinski definition) is 7. The van der Waals surface area contributed by atoms with E-state index < -0.39 is 0 Å². The molecule has 0 aliphatic rings. The Morgan fingerprint density at radius 2 is 1.83 bits per heavy atom. The van der Waals surface area contributed by atoms with Gasteiger partial charge in [0, 0.05) is 30.3 Å². The standard InChI is InChI=1S/C11H14N4O2S/c1-7-5-9(16-3)10(17-4)6-8(7)15(2)11-12-13-14-18-11/h5-6H,1-4H3. The van der Waals surface area contributed by atoms with Gasteiger partial charge in [-0.1, -0.05) is 9.59 Å². The minimum atomic E-state index is 0.683. The summed E-state index contributed by atoms with van der Waals surface area (Å²) in [6.07, 6.45) is 0. The third kappa shape index (κ3) is 2.21. The zero-order valence-corrected chi connectivity index (χ0v) is 11.5. The largest absolute Gasteiger partial charge is 0.493 e. The van der Waals surface area contributed by atoms with Crippen LogP contribution < -0.4 is 14.4 Å². The Labute approximate surface area is 109 Å². The molecule has 7 heteroatoms. The quantitative estimate of drug-likeness (QED) is 0.843. The molecule has 0 bridgehead atoms. The third-order valence-electron chi connectivity index (χ3n) is 2.64. The topological polar surface area (TPSA) is 60.4 Å². The Bertz CT molecular complexity index is 530. The number of aryl methyl sites for hydroxylation is 1. The number of aromatic nitrogens is 3. The number of rotatable bonds is 4. The van der Waals surface area contributed by atoms with Crippen molar-refractivity contribution in [1.29, 1.82) is 0 Å². The van der Waals surface area contributed by atoms with Gasteiger partial charge >= 0.3 is 0 Å². The van der Waals surface area contributed by atoms with Crippen molar-refractivity contribution in [3.8, 4) is 11.5 Å². The van der Waals surface area contributed by atoms with Crippen LogP contribution in [0.4, 0.5) is 10.8 Å². The van der Waals surface area contributed by atoms with Crippen LogP contribution in [0.3, 0.4) is 0 Å². The third-order valence-corrected chi connectivity index (χ3v) is 3.31. The van der Waals surface area contributed by atoms with E-state index in [2.05, 4.69) is 14.8 Å². The van der Waals surface area contributed by atoms with Crippen molar-refractivity contribution in [1.82, 2.24) is 14.8 Å². The molecule has 96 valence electrons. The summed E-state index contributed by atoms with van der Waals surface area (Å²) in [6.45, 7) is 2.00. The molecule has 0 saturated carbocycles. The van der Waals surface area contributed by atoms with Gasteiger partial charge in [0.05, 0.1) is 14.2 Å². The van der Waals surface area contributed by atoms with Gasteiger partial charge in [-0.2, -0.15) is 0 Å². The molecule has 18 heavy (non-hydrogen) atoms. The number of anilines is 2. The number of methoxy groups -OCH3 is 2. The Kier molecular flexibility index (Phi) is 3.61. The van der Waals surface area contributed by atoms with Gasteiger partial charge in [-0.25, -0.2) is 0 Å². The molecule has 6 nitrogen and oxygen atoms in total. The van der Waals surface area contributed by atoms with Crippen molar-refractivity contribution < 1.29 is 9.47 Å². The van der Waals surface area contributed by atoms with Crippen molar-refractivity contribution in [2.45, 2.75) is 6.92 Å². The molecule has 0 saturated heterocycles. The lowest BCUT2D eigenvalue weighted by molar-refractivity contribution is 0.355. The normalized spacial score (nSPS) is 10.2. The highest BCUT2D eigenvalue weighted by molar-refractivity contribution is 7.09. The maximum atomic E-state index is 5.30. The van der Waals surface area contributed by atoms with Gasteiger partial charge in [0.15, 0.2) is 11.5 Å². The molecule has 0 aliphatic heterocycles. The molecule has 0 spiro atoms. The van der Waals surface area contributed by atoms with E-state index in [0.29, 0.717) is 11.5 Å². The van der Waals surface area contributed by atoms with Crippen molar-refractivity contribution in [3.05, 3.63) is 17.7 Å². The zero-order valence-electron chi connectivity index (χ0n) is 10.7. The van der Waals surface area contributed by atoms with Crippen molar-refractivity contribution >= 4 is 22.4 Å². The van der Waals surface area contributed by atoms with Crippen LogP contribution in [0.2, 0.25) is 0 Å². The maximum Gasteiger partial charge on any atom is 0.232 e. The molecule has 0 fully saturated rings. The molecule has 2 aromatic rings. The van der Waals surface area contributed by atoms with Crippen LogP contribution in [-0.2, 0) is 0 Å². The summed E-state index contributed by atoms with van der Waals surface area (Å²) in [5.74, 6) is 1.39. The smallest absolute Gasteiger partial charge is 0.232 e. The van der Waals surface area contributed by atoms with Crippen molar-refractivity contribution in [2.75, 3.05) is 26.2 Å². The van der Waals surface area contributed by atoms with Crippen LogP contribution in [0.25, 0.3) is 0 Å². The van der Waals surface area contributed by atoms with E-state index in [0.717, 1.165) is 16.4 Å². The second-order valence-electron chi connectivity index (χ2n) is 3.70. The summed E-state index contributed by atoms with van der Waals surface area (Å²) in [6, 6.07) is 3.84. The Morgan fingerprint density at radius 1 is 1.17 bits per heavy atom. The highest BCUT2D eigenvalue weighted by Gasteiger charge is 2.15. The van der Waals surface area contributed by atoms with E-state index >= 15 is 0 Å². The maximum absolute atomic E-state index is 5.30. The number of benzene rings is 1. The summed E-state index contributed by atoms with van der Waals surface area (Å²) in [5, 5.41) is 8.27. The van der Waals surface area contributed by atoms with Gasteiger partial charge in [-0.3, -0.25) is 0 Å². The number of ether oxygens (including phenoxy) is 2. The minimum Gasteiger partial charge on any atom is -0.493 e. The highest BCUT2D eigenvalue weighted by atomic mass is 32.1. The second-order valence-corrected chi connectivity index (χ2v) is 4.41. The van der Waals surface area contributed by atoms with E-state index in [4.69, 9.17) is 9.47 Å². The highest BCUT2D eigenvalue weighted by Crippen LogP contribution is 2.36. The fourth-order valence-electron chi connectivity index (χ4n) is 1.69. The Hall–Kier alpha value is -1.89. The van der Waals surface area contributed by atoms with Gasteiger partial charge in [-0.05, 0) is 23.8 Å². The summed E-state index contributed by atoms with van der Waals surface area (Å²) in [4.78, 5) is 1.92. The lowest BCUT2D eigenvalue weighted by atomic mass is 10.1. The second kappa shape index (κ2) is 5.18. The Balaban J connectivity index is 2.45. The molecule has 0 radical (unpaired) electrons. The van der Waals surface area contributed by atoms with Gasteiger partial charge in [0.1, 0.15) is 0 Å². The van der Waals surface area contributed by atoms with Crippen LogP contribution in [0.15, 0.2) is 12.1 Å². The average Bonchev–Trinajstić information content (AvgIpc) is 2.91.